The first-order chi connectivity index (χ1) is 7.13. The Hall–Kier alpha value is -1.63. The number of nitrogens with zero attached hydrogens (tertiary/aromatic N) is 1. The maximum atomic E-state index is 10.7. The second kappa shape index (κ2) is 5.30. The van der Waals surface area contributed by atoms with E-state index in [2.05, 4.69) is 15.0 Å². The summed E-state index contributed by atoms with van der Waals surface area (Å²) in [5.74, 6) is -1.33. The molecule has 0 spiro atoms. The molecule has 2 N–H and O–H groups in total. The number of carboxylic acid groups (broad SMARTS) is 1. The molecule has 0 aliphatic rings. The number of aromatic carboxylic acids is 1. The Kier molecular flexibility index (Phi) is 4.04. The third-order valence-electron chi connectivity index (χ3n) is 1.55. The second-order valence-electron chi connectivity index (χ2n) is 2.59. The molecule has 0 amide bonds. The number of rotatable bonds is 5. The van der Waals surface area contributed by atoms with Crippen LogP contribution in [0.3, 0.4) is 0 Å². The first-order valence-electron chi connectivity index (χ1n) is 4.13. The van der Waals surface area contributed by atoms with E-state index in [-0.39, 0.29) is 17.3 Å². The Morgan fingerprint density at radius 1 is 1.67 bits per heavy atom. The Balaban J connectivity index is 2.38. The van der Waals surface area contributed by atoms with Gasteiger partial charge in [0, 0.05) is 6.54 Å². The summed E-state index contributed by atoms with van der Waals surface area (Å²) in [6, 6.07) is 0. The van der Waals surface area contributed by atoms with Crippen LogP contribution in [0.1, 0.15) is 16.1 Å². The van der Waals surface area contributed by atoms with Crippen molar-refractivity contribution in [2.24, 2.45) is 0 Å². The quantitative estimate of drug-likeness (QED) is 0.728. The summed E-state index contributed by atoms with van der Waals surface area (Å²) < 4.78 is 4.44. The lowest BCUT2D eigenvalue weighted by Crippen LogP contribution is -2.09. The molecule has 7 heteroatoms. The van der Waals surface area contributed by atoms with Crippen molar-refractivity contribution in [2.75, 3.05) is 19.0 Å². The number of methoxy groups -OCH3 is 1. The average molecular weight is 230 g/mol. The zero-order chi connectivity index (χ0) is 11.3. The van der Waals surface area contributed by atoms with E-state index in [4.69, 9.17) is 5.11 Å². The minimum atomic E-state index is -1.01. The molecule has 0 aromatic carbocycles. The highest BCUT2D eigenvalue weighted by Crippen LogP contribution is 2.17. The number of thiazole rings is 1. The molecule has 82 valence electrons. The number of carbonyl (C=O) groups excluding carboxylic acids is 1. The van der Waals surface area contributed by atoms with E-state index in [1.807, 2.05) is 0 Å². The standard InChI is InChI=1S/C8H10N2O4S/c1-14-6(11)2-3-9-8-10-4-5(15-8)7(12)13/h4H,2-3H2,1H3,(H,9,10)(H,12,13). The number of anilines is 1. The van der Waals surface area contributed by atoms with Crippen LogP contribution in [0.2, 0.25) is 0 Å². The minimum Gasteiger partial charge on any atom is -0.477 e. The zero-order valence-electron chi connectivity index (χ0n) is 8.02. The number of hydrogen-bond acceptors (Lipinski definition) is 6. The SMILES string of the molecule is COC(=O)CCNc1ncc(C(=O)O)s1. The van der Waals surface area contributed by atoms with Crippen molar-refractivity contribution in [1.82, 2.24) is 4.98 Å². The van der Waals surface area contributed by atoms with Crippen LogP contribution in [0.15, 0.2) is 6.20 Å². The highest BCUT2D eigenvalue weighted by Gasteiger charge is 2.08. The summed E-state index contributed by atoms with van der Waals surface area (Å²) in [6.07, 6.45) is 1.49. The number of hydrogen-bond donors (Lipinski definition) is 2. The summed E-state index contributed by atoms with van der Waals surface area (Å²) >= 11 is 1.03. The lowest BCUT2D eigenvalue weighted by atomic mass is 10.4. The summed E-state index contributed by atoms with van der Waals surface area (Å²) in [6.45, 7) is 0.374. The number of aromatic nitrogens is 1. The molecule has 0 radical (unpaired) electrons. The van der Waals surface area contributed by atoms with Crippen LogP contribution in [-0.2, 0) is 9.53 Å². The van der Waals surface area contributed by atoms with Crippen LogP contribution in [0, 0.1) is 0 Å². The van der Waals surface area contributed by atoms with Gasteiger partial charge in [-0.05, 0) is 0 Å². The molecule has 1 aromatic heterocycles. The van der Waals surface area contributed by atoms with Gasteiger partial charge in [-0.15, -0.1) is 0 Å². The second-order valence-corrected chi connectivity index (χ2v) is 3.62. The van der Waals surface area contributed by atoms with Crippen LogP contribution in [-0.4, -0.2) is 35.7 Å². The van der Waals surface area contributed by atoms with Gasteiger partial charge in [-0.25, -0.2) is 9.78 Å². The molecule has 0 atom stereocenters. The van der Waals surface area contributed by atoms with Crippen molar-refractivity contribution in [3.63, 3.8) is 0 Å². The fourth-order valence-corrected chi connectivity index (χ4v) is 1.51. The van der Waals surface area contributed by atoms with Crippen molar-refractivity contribution in [3.8, 4) is 0 Å². The molecular weight excluding hydrogens is 220 g/mol. The van der Waals surface area contributed by atoms with E-state index in [0.717, 1.165) is 11.3 Å². The molecule has 0 bridgehead atoms. The van der Waals surface area contributed by atoms with Gasteiger partial charge in [-0.2, -0.15) is 0 Å². The third-order valence-corrected chi connectivity index (χ3v) is 2.49. The van der Waals surface area contributed by atoms with E-state index >= 15 is 0 Å². The van der Waals surface area contributed by atoms with E-state index in [1.165, 1.54) is 13.3 Å². The van der Waals surface area contributed by atoms with E-state index in [0.29, 0.717) is 11.7 Å². The van der Waals surface area contributed by atoms with Gasteiger partial charge in [0.05, 0.1) is 19.7 Å². The maximum Gasteiger partial charge on any atom is 0.347 e. The number of nitrogens with one attached hydrogen (secondary N) is 1. The number of ether oxygens (including phenoxy) is 1. The van der Waals surface area contributed by atoms with Gasteiger partial charge in [-0.1, -0.05) is 11.3 Å². The minimum absolute atomic E-state index is 0.163. The summed E-state index contributed by atoms with van der Waals surface area (Å²) in [5.41, 5.74) is 0. The smallest absolute Gasteiger partial charge is 0.347 e. The van der Waals surface area contributed by atoms with Gasteiger partial charge in [0.25, 0.3) is 0 Å². The molecule has 0 aliphatic heterocycles. The van der Waals surface area contributed by atoms with Gasteiger partial charge in [0.15, 0.2) is 5.13 Å². The highest BCUT2D eigenvalue weighted by atomic mass is 32.1. The molecule has 0 saturated carbocycles. The summed E-state index contributed by atoms with van der Waals surface area (Å²) in [5, 5.41) is 11.9. The van der Waals surface area contributed by atoms with E-state index in [1.54, 1.807) is 0 Å². The average Bonchev–Trinajstić information content (AvgIpc) is 2.66. The topological polar surface area (TPSA) is 88.5 Å². The fraction of sp³-hybridized carbons (Fsp3) is 0.375. The Bertz CT molecular complexity index is 363. The van der Waals surface area contributed by atoms with Crippen molar-refractivity contribution < 1.29 is 19.4 Å². The lowest BCUT2D eigenvalue weighted by Gasteiger charge is -2.00. The predicted octanol–water partition coefficient (Wildman–Crippen LogP) is 0.816. The molecule has 15 heavy (non-hydrogen) atoms. The van der Waals surface area contributed by atoms with Crippen molar-refractivity contribution in [3.05, 3.63) is 11.1 Å². The molecule has 1 rings (SSSR count). The number of carbonyl (C=O) groups is 2. The van der Waals surface area contributed by atoms with Crippen LogP contribution in [0.4, 0.5) is 5.13 Å². The van der Waals surface area contributed by atoms with Gasteiger partial charge in [-0.3, -0.25) is 4.79 Å². The van der Waals surface area contributed by atoms with Crippen molar-refractivity contribution in [1.29, 1.82) is 0 Å². The van der Waals surface area contributed by atoms with Crippen molar-refractivity contribution >= 4 is 28.4 Å². The predicted molar refractivity (Wildman–Crippen MR) is 54.2 cm³/mol. The van der Waals surface area contributed by atoms with Gasteiger partial charge in [0.2, 0.25) is 0 Å². The Morgan fingerprint density at radius 3 is 2.93 bits per heavy atom. The molecule has 0 saturated heterocycles. The molecule has 6 nitrogen and oxygen atoms in total. The summed E-state index contributed by atoms with van der Waals surface area (Å²) in [4.78, 5) is 25.3. The van der Waals surface area contributed by atoms with Crippen LogP contribution in [0.5, 0.6) is 0 Å². The molecule has 0 unspecified atom stereocenters. The molecular formula is C8H10N2O4S. The van der Waals surface area contributed by atoms with Crippen LogP contribution in [0.25, 0.3) is 0 Å². The van der Waals surface area contributed by atoms with E-state index in [9.17, 15) is 9.59 Å². The van der Waals surface area contributed by atoms with Gasteiger partial charge < -0.3 is 15.2 Å². The monoisotopic (exact) mass is 230 g/mol. The van der Waals surface area contributed by atoms with Crippen molar-refractivity contribution in [2.45, 2.75) is 6.42 Å². The van der Waals surface area contributed by atoms with Crippen LogP contribution >= 0.6 is 11.3 Å². The van der Waals surface area contributed by atoms with E-state index < -0.39 is 5.97 Å². The van der Waals surface area contributed by atoms with Gasteiger partial charge in [0.1, 0.15) is 4.88 Å². The Labute approximate surface area is 89.9 Å². The first kappa shape index (κ1) is 11.4. The molecule has 0 aliphatic carbocycles. The normalized spacial score (nSPS) is 9.67. The molecule has 1 aromatic rings. The molecule has 0 fully saturated rings. The number of carboxylic acids is 1. The summed E-state index contributed by atoms with van der Waals surface area (Å²) in [7, 11) is 1.31. The fourth-order valence-electron chi connectivity index (χ4n) is 0.828. The number of esters is 1. The maximum absolute atomic E-state index is 10.7. The third kappa shape index (κ3) is 3.55. The lowest BCUT2D eigenvalue weighted by molar-refractivity contribution is -0.140. The first-order valence-corrected chi connectivity index (χ1v) is 4.95. The zero-order valence-corrected chi connectivity index (χ0v) is 8.84. The van der Waals surface area contributed by atoms with Gasteiger partial charge >= 0.3 is 11.9 Å². The Morgan fingerprint density at radius 2 is 2.40 bits per heavy atom. The van der Waals surface area contributed by atoms with Crippen LogP contribution < -0.4 is 5.32 Å². The largest absolute Gasteiger partial charge is 0.477 e. The highest BCUT2D eigenvalue weighted by molar-refractivity contribution is 7.17. The molecule has 1 heterocycles.